The first-order valence-electron chi connectivity index (χ1n) is 6.16. The van der Waals surface area contributed by atoms with Crippen molar-refractivity contribution in [2.75, 3.05) is 5.01 Å². The highest BCUT2D eigenvalue weighted by molar-refractivity contribution is 9.10. The molecular formula is C15H14BrN3OS. The molecule has 0 fully saturated rings. The van der Waals surface area contributed by atoms with Crippen molar-refractivity contribution in [2.24, 2.45) is 10.8 Å². The molecule has 2 aromatic rings. The summed E-state index contributed by atoms with van der Waals surface area (Å²) in [5.74, 6) is 0.133. The van der Waals surface area contributed by atoms with Crippen LogP contribution in [0.4, 0.5) is 5.69 Å². The summed E-state index contributed by atoms with van der Waals surface area (Å²) in [6.45, 7) is 2.00. The molecule has 0 amide bonds. The van der Waals surface area contributed by atoms with Crippen LogP contribution in [-0.4, -0.2) is 16.4 Å². The lowest BCUT2D eigenvalue weighted by Gasteiger charge is -2.17. The normalized spacial score (nSPS) is 10.8. The highest BCUT2D eigenvalue weighted by Gasteiger charge is 2.08. The van der Waals surface area contributed by atoms with Crippen LogP contribution in [0.1, 0.15) is 11.1 Å². The van der Waals surface area contributed by atoms with Crippen molar-refractivity contribution in [2.45, 2.75) is 6.92 Å². The number of nitrogens with zero attached hydrogens (tertiary/aromatic N) is 2. The van der Waals surface area contributed by atoms with Gasteiger partial charge in [-0.1, -0.05) is 33.6 Å². The second kappa shape index (κ2) is 6.69. The van der Waals surface area contributed by atoms with Crippen LogP contribution in [0.15, 0.2) is 52.0 Å². The molecular weight excluding hydrogens is 350 g/mol. The first kappa shape index (κ1) is 15.5. The van der Waals surface area contributed by atoms with Gasteiger partial charge in [-0.25, -0.2) is 5.01 Å². The molecule has 21 heavy (non-hydrogen) atoms. The van der Waals surface area contributed by atoms with Crippen molar-refractivity contribution in [3.63, 3.8) is 0 Å². The predicted octanol–water partition coefficient (Wildman–Crippen LogP) is 3.55. The number of aromatic hydroxyl groups is 1. The number of anilines is 1. The number of benzene rings is 2. The number of thiocarbonyl (C=S) groups is 1. The average molecular weight is 364 g/mol. The minimum atomic E-state index is 0.129. The summed E-state index contributed by atoms with van der Waals surface area (Å²) in [5, 5.41) is 15.6. The van der Waals surface area contributed by atoms with E-state index in [1.54, 1.807) is 18.2 Å². The number of rotatable bonds is 3. The lowest BCUT2D eigenvalue weighted by molar-refractivity contribution is 0.474. The zero-order chi connectivity index (χ0) is 15.4. The molecule has 0 unspecified atom stereocenters. The minimum absolute atomic E-state index is 0.129. The van der Waals surface area contributed by atoms with E-state index < -0.39 is 0 Å². The Morgan fingerprint density at radius 2 is 1.95 bits per heavy atom. The summed E-state index contributed by atoms with van der Waals surface area (Å²) in [6.07, 6.45) is 1.51. The molecule has 4 nitrogen and oxygen atoms in total. The zero-order valence-electron chi connectivity index (χ0n) is 11.3. The Morgan fingerprint density at radius 1 is 1.29 bits per heavy atom. The number of hydrogen-bond donors (Lipinski definition) is 2. The predicted molar refractivity (Wildman–Crippen MR) is 93.8 cm³/mol. The highest BCUT2D eigenvalue weighted by atomic mass is 79.9. The largest absolute Gasteiger partial charge is 0.507 e. The van der Waals surface area contributed by atoms with Gasteiger partial charge in [0.1, 0.15) is 5.75 Å². The van der Waals surface area contributed by atoms with E-state index in [9.17, 15) is 5.11 Å². The fourth-order valence-electron chi connectivity index (χ4n) is 1.69. The third-order valence-electron chi connectivity index (χ3n) is 2.79. The number of hydrogen-bond acceptors (Lipinski definition) is 3. The van der Waals surface area contributed by atoms with Gasteiger partial charge in [-0.15, -0.1) is 0 Å². The Bertz CT molecular complexity index is 686. The maximum Gasteiger partial charge on any atom is 0.191 e. The van der Waals surface area contributed by atoms with Gasteiger partial charge in [-0.05, 0) is 49.5 Å². The second-order valence-corrected chi connectivity index (χ2v) is 5.77. The molecule has 0 radical (unpaired) electrons. The molecule has 0 saturated heterocycles. The van der Waals surface area contributed by atoms with Crippen LogP contribution in [0.5, 0.6) is 5.75 Å². The van der Waals surface area contributed by atoms with Gasteiger partial charge in [0.25, 0.3) is 0 Å². The van der Waals surface area contributed by atoms with Crippen LogP contribution in [0.3, 0.4) is 0 Å². The van der Waals surface area contributed by atoms with Gasteiger partial charge in [-0.2, -0.15) is 5.10 Å². The summed E-state index contributed by atoms with van der Waals surface area (Å²) < 4.78 is 0.846. The van der Waals surface area contributed by atoms with Crippen molar-refractivity contribution in [3.8, 4) is 5.75 Å². The van der Waals surface area contributed by atoms with E-state index in [0.717, 1.165) is 15.7 Å². The minimum Gasteiger partial charge on any atom is -0.507 e. The van der Waals surface area contributed by atoms with Gasteiger partial charge in [0, 0.05) is 10.0 Å². The van der Waals surface area contributed by atoms with Crippen molar-refractivity contribution < 1.29 is 5.11 Å². The van der Waals surface area contributed by atoms with E-state index in [1.807, 2.05) is 31.2 Å². The van der Waals surface area contributed by atoms with Crippen LogP contribution in [-0.2, 0) is 0 Å². The van der Waals surface area contributed by atoms with Crippen LogP contribution in [0.25, 0.3) is 0 Å². The Balaban J connectivity index is 2.32. The van der Waals surface area contributed by atoms with Crippen molar-refractivity contribution >= 4 is 45.2 Å². The first-order valence-corrected chi connectivity index (χ1v) is 7.36. The Hall–Kier alpha value is -1.92. The number of aryl methyl sites for hydroxylation is 1. The van der Waals surface area contributed by atoms with Gasteiger partial charge in [0.15, 0.2) is 5.11 Å². The monoisotopic (exact) mass is 363 g/mol. The van der Waals surface area contributed by atoms with Gasteiger partial charge in [-0.3, -0.25) is 0 Å². The average Bonchev–Trinajstić information content (AvgIpc) is 2.44. The van der Waals surface area contributed by atoms with Crippen molar-refractivity contribution in [1.29, 1.82) is 0 Å². The quantitative estimate of drug-likeness (QED) is 0.497. The van der Waals surface area contributed by atoms with Gasteiger partial charge in [0.2, 0.25) is 0 Å². The third-order valence-corrected chi connectivity index (χ3v) is 3.46. The van der Waals surface area contributed by atoms with Crippen LogP contribution in [0.2, 0.25) is 0 Å². The lowest BCUT2D eigenvalue weighted by Crippen LogP contribution is -2.30. The number of halogens is 1. The fraction of sp³-hybridized carbons (Fsp3) is 0.0667. The Labute approximate surface area is 137 Å². The maximum absolute atomic E-state index is 9.80. The molecule has 0 aliphatic heterocycles. The van der Waals surface area contributed by atoms with Crippen LogP contribution >= 0.6 is 28.1 Å². The topological polar surface area (TPSA) is 61.8 Å². The van der Waals surface area contributed by atoms with Gasteiger partial charge < -0.3 is 10.8 Å². The summed E-state index contributed by atoms with van der Waals surface area (Å²) >= 11 is 8.37. The number of nitrogens with two attached hydrogens (primary N) is 1. The van der Waals surface area contributed by atoms with Gasteiger partial charge in [0.05, 0.1) is 11.9 Å². The molecule has 0 spiro atoms. The number of phenols is 1. The fourth-order valence-corrected chi connectivity index (χ4v) is 2.22. The van der Waals surface area contributed by atoms with Crippen LogP contribution in [0, 0.1) is 6.92 Å². The molecule has 0 heterocycles. The Morgan fingerprint density at radius 3 is 2.57 bits per heavy atom. The SMILES string of the molecule is Cc1ccc(N(N=Cc2cc(Br)ccc2O)C(N)=S)cc1. The molecule has 0 saturated carbocycles. The van der Waals surface area contributed by atoms with Crippen molar-refractivity contribution in [1.82, 2.24) is 0 Å². The van der Waals surface area contributed by atoms with E-state index in [0.29, 0.717) is 5.56 Å². The molecule has 2 rings (SSSR count). The van der Waals surface area contributed by atoms with E-state index in [-0.39, 0.29) is 10.9 Å². The lowest BCUT2D eigenvalue weighted by atomic mass is 10.2. The van der Waals surface area contributed by atoms with Crippen LogP contribution < -0.4 is 10.7 Å². The molecule has 6 heteroatoms. The molecule has 108 valence electrons. The first-order chi connectivity index (χ1) is 9.97. The molecule has 2 aromatic carbocycles. The smallest absolute Gasteiger partial charge is 0.191 e. The molecule has 0 bridgehead atoms. The Kier molecular flexibility index (Phi) is 4.93. The third kappa shape index (κ3) is 4.03. The van der Waals surface area contributed by atoms with E-state index >= 15 is 0 Å². The summed E-state index contributed by atoms with van der Waals surface area (Å²) in [7, 11) is 0. The highest BCUT2D eigenvalue weighted by Crippen LogP contribution is 2.21. The molecule has 0 aromatic heterocycles. The van der Waals surface area contributed by atoms with Gasteiger partial charge >= 0.3 is 0 Å². The summed E-state index contributed by atoms with van der Waals surface area (Å²) in [5.41, 5.74) is 8.18. The maximum atomic E-state index is 9.80. The summed E-state index contributed by atoms with van der Waals surface area (Å²) in [4.78, 5) is 0. The number of phenolic OH excluding ortho intramolecular Hbond substituents is 1. The summed E-state index contributed by atoms with van der Waals surface area (Å²) in [6, 6.07) is 12.8. The van der Waals surface area contributed by atoms with E-state index in [2.05, 4.69) is 21.0 Å². The van der Waals surface area contributed by atoms with Crippen molar-refractivity contribution in [3.05, 3.63) is 58.1 Å². The zero-order valence-corrected chi connectivity index (χ0v) is 13.7. The second-order valence-electron chi connectivity index (χ2n) is 4.43. The number of hydrazone groups is 1. The van der Waals surface area contributed by atoms with E-state index in [4.69, 9.17) is 18.0 Å². The molecule has 0 aliphatic rings. The molecule has 0 aliphatic carbocycles. The molecule has 0 atom stereocenters. The standard InChI is InChI=1S/C15H14BrN3OS/c1-10-2-5-13(6-3-10)19(15(17)21)18-9-11-8-12(16)4-7-14(11)20/h2-9,20H,1H3,(H2,17,21). The molecule has 3 N–H and O–H groups in total. The van der Waals surface area contributed by atoms with E-state index in [1.165, 1.54) is 11.2 Å².